The first-order chi connectivity index (χ1) is 9.93. The van der Waals surface area contributed by atoms with Gasteiger partial charge in [0.25, 0.3) is 0 Å². The maximum atomic E-state index is 5.85. The second kappa shape index (κ2) is 6.07. The summed E-state index contributed by atoms with van der Waals surface area (Å²) in [5.41, 5.74) is 1.19. The fraction of sp³-hybridized carbons (Fsp3) is 0.0526. The van der Waals surface area contributed by atoms with Gasteiger partial charge in [0.2, 0.25) is 0 Å². The van der Waals surface area contributed by atoms with Crippen LogP contribution in [0.5, 0.6) is 5.75 Å². The number of hydrogen-bond donors (Lipinski definition) is 0. The van der Waals surface area contributed by atoms with Crippen LogP contribution < -0.4 is 4.74 Å². The second-order valence-electron chi connectivity index (χ2n) is 4.60. The van der Waals surface area contributed by atoms with Gasteiger partial charge in [-0.2, -0.15) is 0 Å². The lowest BCUT2D eigenvalue weighted by atomic mass is 10.1. The molecular weight excluding hydrogens is 244 g/mol. The van der Waals surface area contributed by atoms with Crippen LogP contribution in [0.4, 0.5) is 0 Å². The van der Waals surface area contributed by atoms with Crippen LogP contribution in [-0.4, -0.2) is 6.61 Å². The third kappa shape index (κ3) is 2.89. The van der Waals surface area contributed by atoms with Gasteiger partial charge in [-0.1, -0.05) is 72.8 Å². The first-order valence-corrected chi connectivity index (χ1v) is 6.76. The Hall–Kier alpha value is -2.54. The Labute approximate surface area is 119 Å². The number of ether oxygens (including phenoxy) is 1. The Kier molecular flexibility index (Phi) is 3.79. The lowest BCUT2D eigenvalue weighted by Crippen LogP contribution is -1.93. The lowest BCUT2D eigenvalue weighted by molar-refractivity contribution is 0.368. The molecule has 0 spiro atoms. The van der Waals surface area contributed by atoms with E-state index < -0.39 is 0 Å². The van der Waals surface area contributed by atoms with E-state index in [0.29, 0.717) is 6.61 Å². The van der Waals surface area contributed by atoms with Crippen molar-refractivity contribution in [3.63, 3.8) is 0 Å². The van der Waals surface area contributed by atoms with Crippen molar-refractivity contribution in [3.05, 3.63) is 84.4 Å². The molecule has 0 N–H and O–H groups in total. The molecule has 0 unspecified atom stereocenters. The molecular formula is C19H16O. The highest BCUT2D eigenvalue weighted by Gasteiger charge is 1.99. The SMILES string of the molecule is C(=Cc1ccccc1)COc1cccc2ccccc12. The monoisotopic (exact) mass is 260 g/mol. The van der Waals surface area contributed by atoms with Crippen molar-refractivity contribution in [3.8, 4) is 5.75 Å². The molecule has 0 aromatic heterocycles. The highest BCUT2D eigenvalue weighted by Crippen LogP contribution is 2.25. The third-order valence-electron chi connectivity index (χ3n) is 3.19. The van der Waals surface area contributed by atoms with Crippen molar-refractivity contribution >= 4 is 16.8 Å². The van der Waals surface area contributed by atoms with Gasteiger partial charge in [0.1, 0.15) is 12.4 Å². The standard InChI is InChI=1S/C19H16O/c1-2-8-16(9-3-1)10-7-15-20-19-14-6-12-17-11-4-5-13-18(17)19/h1-14H,15H2. The highest BCUT2D eigenvalue weighted by molar-refractivity contribution is 5.88. The first kappa shape index (κ1) is 12.5. The van der Waals surface area contributed by atoms with E-state index in [-0.39, 0.29) is 0 Å². The summed E-state index contributed by atoms with van der Waals surface area (Å²) in [5, 5.41) is 2.36. The molecule has 1 nitrogen and oxygen atoms in total. The largest absolute Gasteiger partial charge is 0.489 e. The second-order valence-corrected chi connectivity index (χ2v) is 4.60. The highest BCUT2D eigenvalue weighted by atomic mass is 16.5. The van der Waals surface area contributed by atoms with Crippen LogP contribution in [0.3, 0.4) is 0 Å². The van der Waals surface area contributed by atoms with Gasteiger partial charge in [-0.15, -0.1) is 0 Å². The minimum absolute atomic E-state index is 0.572. The van der Waals surface area contributed by atoms with Gasteiger partial charge in [-0.25, -0.2) is 0 Å². The summed E-state index contributed by atoms with van der Waals surface area (Å²) < 4.78 is 5.85. The summed E-state index contributed by atoms with van der Waals surface area (Å²) in [7, 11) is 0. The molecule has 0 bridgehead atoms. The van der Waals surface area contributed by atoms with Crippen LogP contribution in [0.25, 0.3) is 16.8 Å². The molecule has 0 atom stereocenters. The van der Waals surface area contributed by atoms with Gasteiger partial charge in [0, 0.05) is 5.39 Å². The third-order valence-corrected chi connectivity index (χ3v) is 3.19. The van der Waals surface area contributed by atoms with Crippen LogP contribution in [0, 0.1) is 0 Å². The summed E-state index contributed by atoms with van der Waals surface area (Å²) in [6, 6.07) is 24.6. The average Bonchev–Trinajstić information content (AvgIpc) is 2.53. The number of fused-ring (bicyclic) bond motifs is 1. The van der Waals surface area contributed by atoms with E-state index in [1.165, 1.54) is 10.9 Å². The van der Waals surface area contributed by atoms with Crippen LogP contribution >= 0.6 is 0 Å². The Bertz CT molecular complexity index is 709. The molecule has 98 valence electrons. The molecule has 0 saturated carbocycles. The average molecular weight is 260 g/mol. The van der Waals surface area contributed by atoms with Gasteiger partial charge in [0.15, 0.2) is 0 Å². The lowest BCUT2D eigenvalue weighted by Gasteiger charge is -2.07. The van der Waals surface area contributed by atoms with Crippen molar-refractivity contribution < 1.29 is 4.74 Å². The summed E-state index contributed by atoms with van der Waals surface area (Å²) >= 11 is 0. The zero-order valence-corrected chi connectivity index (χ0v) is 11.2. The molecule has 20 heavy (non-hydrogen) atoms. The topological polar surface area (TPSA) is 9.23 Å². The fourth-order valence-electron chi connectivity index (χ4n) is 2.21. The van der Waals surface area contributed by atoms with Crippen molar-refractivity contribution in [1.29, 1.82) is 0 Å². The Morgan fingerprint density at radius 3 is 2.40 bits per heavy atom. The predicted octanol–water partition coefficient (Wildman–Crippen LogP) is 4.93. The minimum Gasteiger partial charge on any atom is -0.489 e. The van der Waals surface area contributed by atoms with Crippen molar-refractivity contribution in [2.24, 2.45) is 0 Å². The molecule has 0 saturated heterocycles. The maximum absolute atomic E-state index is 5.85. The molecule has 0 aliphatic heterocycles. The van der Waals surface area contributed by atoms with Crippen molar-refractivity contribution in [2.75, 3.05) is 6.61 Å². The molecule has 0 heterocycles. The normalized spacial score (nSPS) is 11.0. The smallest absolute Gasteiger partial charge is 0.127 e. The minimum atomic E-state index is 0.572. The zero-order valence-electron chi connectivity index (χ0n) is 11.2. The Morgan fingerprint density at radius 2 is 1.50 bits per heavy atom. The van der Waals surface area contributed by atoms with Crippen LogP contribution in [0.2, 0.25) is 0 Å². The summed E-state index contributed by atoms with van der Waals surface area (Å²) in [5.74, 6) is 0.931. The van der Waals surface area contributed by atoms with E-state index in [0.717, 1.165) is 11.1 Å². The molecule has 0 aliphatic rings. The zero-order chi connectivity index (χ0) is 13.6. The van der Waals surface area contributed by atoms with E-state index in [9.17, 15) is 0 Å². The van der Waals surface area contributed by atoms with Gasteiger partial charge in [-0.3, -0.25) is 0 Å². The first-order valence-electron chi connectivity index (χ1n) is 6.76. The number of benzene rings is 3. The molecule has 1 heteroatoms. The molecule has 0 amide bonds. The molecule has 0 aliphatic carbocycles. The quantitative estimate of drug-likeness (QED) is 0.646. The van der Waals surface area contributed by atoms with Crippen molar-refractivity contribution in [1.82, 2.24) is 0 Å². The van der Waals surface area contributed by atoms with Gasteiger partial charge < -0.3 is 4.74 Å². The van der Waals surface area contributed by atoms with Crippen molar-refractivity contribution in [2.45, 2.75) is 0 Å². The van der Waals surface area contributed by atoms with E-state index in [1.807, 2.05) is 48.5 Å². The molecule has 3 aromatic carbocycles. The van der Waals surface area contributed by atoms with E-state index in [1.54, 1.807) is 0 Å². The molecule has 0 fully saturated rings. The predicted molar refractivity (Wildman–Crippen MR) is 84.9 cm³/mol. The maximum Gasteiger partial charge on any atom is 0.127 e. The van der Waals surface area contributed by atoms with Gasteiger partial charge in [-0.05, 0) is 23.1 Å². The van der Waals surface area contributed by atoms with Gasteiger partial charge >= 0.3 is 0 Å². The summed E-state index contributed by atoms with van der Waals surface area (Å²) in [4.78, 5) is 0. The molecule has 0 radical (unpaired) electrons. The number of hydrogen-bond acceptors (Lipinski definition) is 1. The van der Waals surface area contributed by atoms with Crippen LogP contribution in [0.15, 0.2) is 78.9 Å². The van der Waals surface area contributed by atoms with E-state index in [4.69, 9.17) is 4.74 Å². The fourth-order valence-corrected chi connectivity index (χ4v) is 2.21. The van der Waals surface area contributed by atoms with Gasteiger partial charge in [0.05, 0.1) is 0 Å². The van der Waals surface area contributed by atoms with E-state index in [2.05, 4.69) is 36.4 Å². The molecule has 3 rings (SSSR count). The Balaban J connectivity index is 1.70. The summed E-state index contributed by atoms with van der Waals surface area (Å²) in [6.07, 6.45) is 4.11. The van der Waals surface area contributed by atoms with Crippen LogP contribution in [-0.2, 0) is 0 Å². The van der Waals surface area contributed by atoms with Crippen LogP contribution in [0.1, 0.15) is 5.56 Å². The molecule has 3 aromatic rings. The Morgan fingerprint density at radius 1 is 0.750 bits per heavy atom. The number of rotatable bonds is 4. The van der Waals surface area contributed by atoms with E-state index >= 15 is 0 Å². The summed E-state index contributed by atoms with van der Waals surface area (Å²) in [6.45, 7) is 0.572.